The summed E-state index contributed by atoms with van der Waals surface area (Å²) < 4.78 is 6.30. The molecule has 0 bridgehead atoms. The lowest BCUT2D eigenvalue weighted by Crippen LogP contribution is -2.56. The molecule has 2 fully saturated rings. The molecule has 1 saturated carbocycles. The van der Waals surface area contributed by atoms with Gasteiger partial charge in [0.25, 0.3) is 0 Å². The zero-order valence-electron chi connectivity index (χ0n) is 13.1. The van der Waals surface area contributed by atoms with Gasteiger partial charge in [-0.1, -0.05) is 37.0 Å². The maximum Gasteiger partial charge on any atom is 0.0955 e. The molecular weight excluding hydrogens is 246 g/mol. The summed E-state index contributed by atoms with van der Waals surface area (Å²) in [4.78, 5) is 0. The molecule has 1 unspecified atom stereocenters. The molecule has 1 aliphatic heterocycles. The highest BCUT2D eigenvalue weighted by molar-refractivity contribution is 5.39. The largest absolute Gasteiger partial charge is 0.370 e. The van der Waals surface area contributed by atoms with Crippen LogP contribution in [0.5, 0.6) is 0 Å². The van der Waals surface area contributed by atoms with E-state index in [1.165, 1.54) is 54.4 Å². The van der Waals surface area contributed by atoms with Gasteiger partial charge in [-0.05, 0) is 50.3 Å². The molecule has 2 nitrogen and oxygen atoms in total. The lowest BCUT2D eigenvalue weighted by atomic mass is 9.81. The SMILES string of the molecule is Cc1cc(C)c(C2CNC3(CCCCC3)CO2)c(C)c1. The molecule has 1 N–H and O–H groups in total. The predicted molar refractivity (Wildman–Crippen MR) is 83.2 cm³/mol. The Hall–Kier alpha value is -0.860. The molecule has 1 spiro atoms. The van der Waals surface area contributed by atoms with Crippen LogP contribution in [0, 0.1) is 20.8 Å². The first-order valence-corrected chi connectivity index (χ1v) is 8.04. The molecule has 0 radical (unpaired) electrons. The molecule has 1 saturated heterocycles. The minimum Gasteiger partial charge on any atom is -0.370 e. The highest BCUT2D eigenvalue weighted by atomic mass is 16.5. The number of aryl methyl sites for hydroxylation is 3. The maximum absolute atomic E-state index is 6.30. The van der Waals surface area contributed by atoms with E-state index >= 15 is 0 Å². The Labute approximate surface area is 122 Å². The predicted octanol–water partition coefficient (Wildman–Crippen LogP) is 3.98. The third-order valence-electron chi connectivity index (χ3n) is 5.09. The number of nitrogens with one attached hydrogen (secondary N) is 1. The Morgan fingerprint density at radius 3 is 2.25 bits per heavy atom. The summed E-state index contributed by atoms with van der Waals surface area (Å²) in [5.41, 5.74) is 5.76. The monoisotopic (exact) mass is 273 g/mol. The fourth-order valence-corrected chi connectivity index (χ4v) is 4.11. The third kappa shape index (κ3) is 2.64. The van der Waals surface area contributed by atoms with Crippen LogP contribution >= 0.6 is 0 Å². The number of ether oxygens (including phenoxy) is 1. The Kier molecular flexibility index (Phi) is 3.87. The Morgan fingerprint density at radius 1 is 1.05 bits per heavy atom. The Morgan fingerprint density at radius 2 is 1.70 bits per heavy atom. The van der Waals surface area contributed by atoms with Crippen LogP contribution in [-0.2, 0) is 4.74 Å². The topological polar surface area (TPSA) is 21.3 Å². The number of hydrogen-bond acceptors (Lipinski definition) is 2. The van der Waals surface area contributed by atoms with Crippen molar-refractivity contribution in [3.63, 3.8) is 0 Å². The van der Waals surface area contributed by atoms with Crippen LogP contribution in [0.25, 0.3) is 0 Å². The highest BCUT2D eigenvalue weighted by Gasteiger charge is 2.37. The second-order valence-electron chi connectivity index (χ2n) is 6.83. The zero-order valence-corrected chi connectivity index (χ0v) is 13.1. The first-order valence-electron chi connectivity index (χ1n) is 8.04. The minimum absolute atomic E-state index is 0.225. The van der Waals surface area contributed by atoms with Crippen molar-refractivity contribution in [3.8, 4) is 0 Å². The summed E-state index contributed by atoms with van der Waals surface area (Å²) in [6, 6.07) is 4.55. The highest BCUT2D eigenvalue weighted by Crippen LogP contribution is 2.35. The molecule has 1 aliphatic carbocycles. The van der Waals surface area contributed by atoms with E-state index in [1.807, 2.05) is 0 Å². The smallest absolute Gasteiger partial charge is 0.0955 e. The van der Waals surface area contributed by atoms with Gasteiger partial charge in [-0.15, -0.1) is 0 Å². The number of rotatable bonds is 1. The van der Waals surface area contributed by atoms with Gasteiger partial charge in [0.15, 0.2) is 0 Å². The first kappa shape index (κ1) is 14.1. The molecule has 1 aromatic carbocycles. The molecule has 1 heterocycles. The van der Waals surface area contributed by atoms with Crippen LogP contribution in [0.3, 0.4) is 0 Å². The average Bonchev–Trinajstić information content (AvgIpc) is 2.41. The quantitative estimate of drug-likeness (QED) is 0.836. The van der Waals surface area contributed by atoms with Crippen molar-refractivity contribution >= 4 is 0 Å². The minimum atomic E-state index is 0.225. The number of hydrogen-bond donors (Lipinski definition) is 1. The van der Waals surface area contributed by atoms with Crippen LogP contribution in [-0.4, -0.2) is 18.7 Å². The molecule has 2 aliphatic rings. The Balaban J connectivity index is 1.75. The zero-order chi connectivity index (χ0) is 14.2. The summed E-state index contributed by atoms with van der Waals surface area (Å²) >= 11 is 0. The van der Waals surface area contributed by atoms with E-state index in [0.29, 0.717) is 0 Å². The molecule has 0 amide bonds. The van der Waals surface area contributed by atoms with E-state index in [4.69, 9.17) is 4.74 Å². The van der Waals surface area contributed by atoms with Gasteiger partial charge in [-0.25, -0.2) is 0 Å². The van der Waals surface area contributed by atoms with E-state index < -0.39 is 0 Å². The molecule has 3 rings (SSSR count). The summed E-state index contributed by atoms with van der Waals surface area (Å²) in [5.74, 6) is 0. The normalized spacial score (nSPS) is 25.9. The van der Waals surface area contributed by atoms with Crippen LogP contribution in [0.4, 0.5) is 0 Å². The standard InChI is InChI=1S/C18H27NO/c1-13-9-14(2)17(15(3)10-13)16-11-19-18(12-20-16)7-5-4-6-8-18/h9-10,16,19H,4-8,11-12H2,1-3H3. The van der Waals surface area contributed by atoms with Crippen LogP contribution in [0.2, 0.25) is 0 Å². The van der Waals surface area contributed by atoms with Crippen LogP contribution in [0.1, 0.15) is 60.5 Å². The van der Waals surface area contributed by atoms with Gasteiger partial charge in [0.05, 0.1) is 12.7 Å². The fourth-order valence-electron chi connectivity index (χ4n) is 4.11. The fraction of sp³-hybridized carbons (Fsp3) is 0.667. The first-order chi connectivity index (χ1) is 9.60. The van der Waals surface area contributed by atoms with E-state index in [0.717, 1.165) is 13.2 Å². The molecule has 20 heavy (non-hydrogen) atoms. The van der Waals surface area contributed by atoms with Gasteiger partial charge in [-0.3, -0.25) is 0 Å². The van der Waals surface area contributed by atoms with Gasteiger partial charge in [-0.2, -0.15) is 0 Å². The average molecular weight is 273 g/mol. The van der Waals surface area contributed by atoms with E-state index in [2.05, 4.69) is 38.2 Å². The van der Waals surface area contributed by atoms with Gasteiger partial charge < -0.3 is 10.1 Å². The van der Waals surface area contributed by atoms with E-state index in [1.54, 1.807) is 0 Å². The van der Waals surface area contributed by atoms with Crippen LogP contribution in [0.15, 0.2) is 12.1 Å². The summed E-state index contributed by atoms with van der Waals surface area (Å²) in [6.45, 7) is 8.43. The van der Waals surface area contributed by atoms with Crippen molar-refractivity contribution in [2.45, 2.75) is 64.5 Å². The summed E-state index contributed by atoms with van der Waals surface area (Å²) in [5, 5.41) is 3.83. The van der Waals surface area contributed by atoms with Gasteiger partial charge in [0, 0.05) is 12.1 Å². The lowest BCUT2D eigenvalue weighted by molar-refractivity contribution is -0.0471. The van der Waals surface area contributed by atoms with Gasteiger partial charge in [0.1, 0.15) is 0 Å². The number of morpholine rings is 1. The van der Waals surface area contributed by atoms with Crippen LogP contribution < -0.4 is 5.32 Å². The summed E-state index contributed by atoms with van der Waals surface area (Å²) in [6.07, 6.45) is 6.89. The van der Waals surface area contributed by atoms with Crippen molar-refractivity contribution in [2.75, 3.05) is 13.2 Å². The molecule has 110 valence electrons. The summed E-state index contributed by atoms with van der Waals surface area (Å²) in [7, 11) is 0. The molecular formula is C18H27NO. The van der Waals surface area contributed by atoms with Gasteiger partial charge >= 0.3 is 0 Å². The van der Waals surface area contributed by atoms with Crippen molar-refractivity contribution in [2.24, 2.45) is 0 Å². The number of benzene rings is 1. The van der Waals surface area contributed by atoms with E-state index in [-0.39, 0.29) is 11.6 Å². The second kappa shape index (κ2) is 5.50. The van der Waals surface area contributed by atoms with E-state index in [9.17, 15) is 0 Å². The Bertz CT molecular complexity index is 455. The van der Waals surface area contributed by atoms with Gasteiger partial charge in [0.2, 0.25) is 0 Å². The van der Waals surface area contributed by atoms with Crippen molar-refractivity contribution in [1.29, 1.82) is 0 Å². The molecule has 0 aromatic heterocycles. The maximum atomic E-state index is 6.30. The second-order valence-corrected chi connectivity index (χ2v) is 6.83. The van der Waals surface area contributed by atoms with Crippen molar-refractivity contribution < 1.29 is 4.74 Å². The molecule has 1 atom stereocenters. The molecule has 2 heteroatoms. The third-order valence-corrected chi connectivity index (χ3v) is 5.09. The van der Waals surface area contributed by atoms with Crippen molar-refractivity contribution in [3.05, 3.63) is 34.4 Å². The van der Waals surface area contributed by atoms with Crippen molar-refractivity contribution in [1.82, 2.24) is 5.32 Å². The lowest BCUT2D eigenvalue weighted by Gasteiger charge is -2.44. The molecule has 1 aromatic rings.